The second-order valence-electron chi connectivity index (χ2n) is 9.92. The lowest BCUT2D eigenvalue weighted by atomic mass is 9.68. The van der Waals surface area contributed by atoms with E-state index in [-0.39, 0.29) is 17.5 Å². The van der Waals surface area contributed by atoms with Crippen molar-refractivity contribution >= 4 is 11.8 Å². The summed E-state index contributed by atoms with van der Waals surface area (Å²) in [4.78, 5) is 27.6. The summed E-state index contributed by atoms with van der Waals surface area (Å²) >= 11 is 0. The zero-order chi connectivity index (χ0) is 25.4. The minimum absolute atomic E-state index is 0.0110. The molecule has 6 nitrogen and oxygen atoms in total. The summed E-state index contributed by atoms with van der Waals surface area (Å²) in [5, 5.41) is 12.2. The van der Waals surface area contributed by atoms with Gasteiger partial charge in [0, 0.05) is 31.1 Å². The summed E-state index contributed by atoms with van der Waals surface area (Å²) in [5.41, 5.74) is 2.77. The fraction of sp³-hybridized carbons (Fsp3) is 0.481. The number of hydroxylamine groups is 1. The third-order valence-corrected chi connectivity index (χ3v) is 6.90. The van der Waals surface area contributed by atoms with Gasteiger partial charge in [0.15, 0.2) is 11.6 Å². The molecular weight excluding hydrogens is 452 g/mol. The molecule has 0 aromatic heterocycles. The first-order valence-corrected chi connectivity index (χ1v) is 12.2. The van der Waals surface area contributed by atoms with Crippen LogP contribution in [0.3, 0.4) is 0 Å². The van der Waals surface area contributed by atoms with E-state index in [2.05, 4.69) is 36.2 Å². The number of hydrogen-bond donors (Lipinski definition) is 3. The number of benzene rings is 2. The molecule has 3 rings (SSSR count). The zero-order valence-electron chi connectivity index (χ0n) is 20.4. The number of likely N-dealkylation sites (tertiary alicyclic amines) is 1. The van der Waals surface area contributed by atoms with Gasteiger partial charge in [-0.25, -0.2) is 14.3 Å². The van der Waals surface area contributed by atoms with E-state index >= 15 is 0 Å². The van der Waals surface area contributed by atoms with Crippen LogP contribution in [0.25, 0.3) is 0 Å². The maximum Gasteiger partial charge on any atom is 0.251 e. The van der Waals surface area contributed by atoms with Crippen molar-refractivity contribution in [3.63, 3.8) is 0 Å². The Morgan fingerprint density at radius 3 is 2.51 bits per heavy atom. The normalized spacial score (nSPS) is 19.0. The van der Waals surface area contributed by atoms with E-state index in [1.54, 1.807) is 0 Å². The van der Waals surface area contributed by atoms with Gasteiger partial charge in [0.25, 0.3) is 5.91 Å². The first-order chi connectivity index (χ1) is 16.7. The first-order valence-electron chi connectivity index (χ1n) is 12.2. The maximum atomic E-state index is 13.5. The Balaban J connectivity index is 1.67. The summed E-state index contributed by atoms with van der Waals surface area (Å²) in [6.45, 7) is 6.87. The van der Waals surface area contributed by atoms with Crippen LogP contribution in [0.15, 0.2) is 48.5 Å². The number of rotatable bonds is 11. The second-order valence-corrected chi connectivity index (χ2v) is 9.92. The van der Waals surface area contributed by atoms with Crippen molar-refractivity contribution in [2.45, 2.75) is 39.5 Å². The van der Waals surface area contributed by atoms with Gasteiger partial charge in [0.1, 0.15) is 0 Å². The van der Waals surface area contributed by atoms with E-state index in [0.717, 1.165) is 51.0 Å². The standard InChI is InChI=1S/C27H35F2N3O3/c1-19(2)17-27(12-15-32(18-27)14-11-20-6-4-3-5-7-20)22(26(34)31-35)10-13-30-25(33)21-8-9-23(28)24(29)16-21/h3-9,16,19,22,35H,10-15,17-18H2,1-2H3,(H,30,33)(H,31,34)/t22?,27-/m0/s1. The highest BCUT2D eigenvalue weighted by atomic mass is 19.2. The van der Waals surface area contributed by atoms with Crippen LogP contribution in [-0.4, -0.2) is 48.1 Å². The Kier molecular flexibility index (Phi) is 9.34. The number of nitrogens with one attached hydrogen (secondary N) is 2. The smallest absolute Gasteiger partial charge is 0.251 e. The van der Waals surface area contributed by atoms with Crippen molar-refractivity contribution in [1.29, 1.82) is 0 Å². The second kappa shape index (κ2) is 12.2. The summed E-state index contributed by atoms with van der Waals surface area (Å²) < 4.78 is 26.7. The van der Waals surface area contributed by atoms with Gasteiger partial charge in [-0.15, -0.1) is 0 Å². The highest BCUT2D eigenvalue weighted by molar-refractivity contribution is 5.94. The van der Waals surface area contributed by atoms with Crippen LogP contribution in [-0.2, 0) is 11.2 Å². The van der Waals surface area contributed by atoms with Gasteiger partial charge in [-0.3, -0.25) is 14.8 Å². The molecule has 1 aliphatic heterocycles. The minimum atomic E-state index is -1.09. The van der Waals surface area contributed by atoms with Gasteiger partial charge in [0.2, 0.25) is 5.91 Å². The molecule has 1 heterocycles. The van der Waals surface area contributed by atoms with Gasteiger partial charge >= 0.3 is 0 Å². The lowest BCUT2D eigenvalue weighted by molar-refractivity contribution is -0.138. The average Bonchev–Trinajstić information content (AvgIpc) is 3.25. The van der Waals surface area contributed by atoms with Crippen molar-refractivity contribution in [2.75, 3.05) is 26.2 Å². The Morgan fingerprint density at radius 2 is 1.86 bits per heavy atom. The molecule has 190 valence electrons. The molecule has 0 bridgehead atoms. The molecule has 35 heavy (non-hydrogen) atoms. The highest BCUT2D eigenvalue weighted by Gasteiger charge is 2.47. The number of halogens is 2. The molecule has 3 N–H and O–H groups in total. The molecule has 2 aromatic carbocycles. The number of nitrogens with zero attached hydrogens (tertiary/aromatic N) is 1. The predicted octanol–water partition coefficient (Wildman–Crippen LogP) is 4.19. The Hall–Kier alpha value is -2.84. The average molecular weight is 488 g/mol. The van der Waals surface area contributed by atoms with Crippen LogP contribution in [0, 0.1) is 28.9 Å². The van der Waals surface area contributed by atoms with Crippen LogP contribution in [0.5, 0.6) is 0 Å². The minimum Gasteiger partial charge on any atom is -0.352 e. The molecule has 0 spiro atoms. The van der Waals surface area contributed by atoms with Gasteiger partial charge in [-0.1, -0.05) is 44.2 Å². The monoisotopic (exact) mass is 487 g/mol. The van der Waals surface area contributed by atoms with E-state index in [1.165, 1.54) is 11.6 Å². The predicted molar refractivity (Wildman–Crippen MR) is 130 cm³/mol. The lowest BCUT2D eigenvalue weighted by Gasteiger charge is -2.38. The van der Waals surface area contributed by atoms with E-state index in [1.807, 2.05) is 23.7 Å². The quantitative estimate of drug-likeness (QED) is 0.328. The van der Waals surface area contributed by atoms with E-state index in [0.29, 0.717) is 12.3 Å². The van der Waals surface area contributed by atoms with Crippen LogP contribution in [0.4, 0.5) is 8.78 Å². The Labute approximate surface area is 205 Å². The fourth-order valence-corrected chi connectivity index (χ4v) is 5.38. The molecule has 0 saturated carbocycles. The van der Waals surface area contributed by atoms with E-state index < -0.39 is 29.4 Å². The van der Waals surface area contributed by atoms with Gasteiger partial charge < -0.3 is 10.2 Å². The van der Waals surface area contributed by atoms with Crippen molar-refractivity contribution in [3.8, 4) is 0 Å². The number of carbonyl (C=O) groups is 2. The molecule has 1 unspecified atom stereocenters. The van der Waals surface area contributed by atoms with Crippen molar-refractivity contribution < 1.29 is 23.6 Å². The van der Waals surface area contributed by atoms with Crippen LogP contribution in [0.2, 0.25) is 0 Å². The molecule has 2 aromatic rings. The van der Waals surface area contributed by atoms with Crippen molar-refractivity contribution in [1.82, 2.24) is 15.7 Å². The van der Waals surface area contributed by atoms with Gasteiger partial charge in [-0.05, 0) is 67.3 Å². The largest absolute Gasteiger partial charge is 0.352 e. The number of carbonyl (C=O) groups excluding carboxylic acids is 2. The summed E-state index contributed by atoms with van der Waals surface area (Å²) in [6.07, 6.45) is 2.86. The summed E-state index contributed by atoms with van der Waals surface area (Å²) in [6, 6.07) is 13.2. The summed E-state index contributed by atoms with van der Waals surface area (Å²) in [7, 11) is 0. The van der Waals surface area contributed by atoms with Crippen molar-refractivity contribution in [2.24, 2.45) is 17.3 Å². The SMILES string of the molecule is CC(C)C[C@@]1(C(CCNC(=O)c2ccc(F)c(F)c2)C(=O)NO)CCN(CCc2ccccc2)C1. The van der Waals surface area contributed by atoms with Gasteiger partial charge in [-0.2, -0.15) is 0 Å². The Bertz CT molecular complexity index is 1000. The molecule has 2 amide bonds. The lowest BCUT2D eigenvalue weighted by Crippen LogP contribution is -2.45. The fourth-order valence-electron chi connectivity index (χ4n) is 5.38. The first kappa shape index (κ1) is 26.8. The summed E-state index contributed by atoms with van der Waals surface area (Å²) in [5.74, 6) is -3.28. The molecular formula is C27H35F2N3O3. The van der Waals surface area contributed by atoms with E-state index in [9.17, 15) is 23.6 Å². The van der Waals surface area contributed by atoms with Crippen LogP contribution in [0.1, 0.15) is 49.0 Å². The molecule has 1 fully saturated rings. The van der Waals surface area contributed by atoms with Gasteiger partial charge in [0.05, 0.1) is 0 Å². The third-order valence-electron chi connectivity index (χ3n) is 6.90. The Morgan fingerprint density at radius 1 is 1.11 bits per heavy atom. The molecule has 2 atom stereocenters. The number of amides is 2. The van der Waals surface area contributed by atoms with E-state index in [4.69, 9.17) is 0 Å². The zero-order valence-corrected chi connectivity index (χ0v) is 20.4. The molecule has 8 heteroatoms. The molecule has 0 aliphatic carbocycles. The number of hydrogen-bond acceptors (Lipinski definition) is 4. The molecule has 1 saturated heterocycles. The third kappa shape index (κ3) is 7.08. The topological polar surface area (TPSA) is 81.7 Å². The molecule has 0 radical (unpaired) electrons. The van der Waals surface area contributed by atoms with Crippen LogP contribution >= 0.6 is 0 Å². The van der Waals surface area contributed by atoms with Crippen LogP contribution < -0.4 is 10.8 Å². The maximum absolute atomic E-state index is 13.5. The highest BCUT2D eigenvalue weighted by Crippen LogP contribution is 2.45. The molecule has 1 aliphatic rings. The van der Waals surface area contributed by atoms with Crippen molar-refractivity contribution in [3.05, 3.63) is 71.3 Å².